The molecule has 0 radical (unpaired) electrons. The number of aliphatic hydroxyl groups excluding tert-OH is 1. The molecule has 0 aromatic rings. The second kappa shape index (κ2) is 15.7. The topological polar surface area (TPSA) is 131 Å². The Bertz CT molecular complexity index is 1050. The van der Waals surface area contributed by atoms with Crippen LogP contribution in [0.2, 0.25) is 0 Å². The Hall–Kier alpha value is -1.38. The maximum absolute atomic E-state index is 13.5. The number of likely N-dealkylation sites (tertiary alicyclic amines) is 1. The minimum Gasteiger partial charge on any atom is -0.390 e. The molecule has 47 heavy (non-hydrogen) atoms. The number of ether oxygens (including phenoxy) is 2. The number of β-amino-alcohol motifs (C(OH)–C–C–N with tert-alkyl or cyclic N) is 1. The fraction of sp³-hybridized carbons (Fsp3) is 0.943. The van der Waals surface area contributed by atoms with Gasteiger partial charge in [-0.15, -0.1) is 0 Å². The molecule has 7 fully saturated rings. The van der Waals surface area contributed by atoms with Gasteiger partial charge in [0, 0.05) is 69.7 Å². The number of nitrogens with one attached hydrogen (secondary N) is 4. The molecule has 0 spiro atoms. The van der Waals surface area contributed by atoms with Gasteiger partial charge in [-0.1, -0.05) is 6.42 Å². The Morgan fingerprint density at radius 2 is 1.79 bits per heavy atom. The van der Waals surface area contributed by atoms with Gasteiger partial charge < -0.3 is 29.7 Å². The number of amides is 2. The molecule has 7 rings (SSSR count). The molecule has 2 amide bonds. The van der Waals surface area contributed by atoms with Crippen molar-refractivity contribution in [2.45, 2.75) is 120 Å². The van der Waals surface area contributed by atoms with Crippen molar-refractivity contribution < 1.29 is 24.2 Å². The SMILES string of the molecule is CC1NCOC1COC1CCC2CN(C[C@@H](O)CNC(=O)C3CC(NC4CCC4)NC(N4CCN(C(=O)C5CC5)CC4)C3)CCC2C1. The summed E-state index contributed by atoms with van der Waals surface area (Å²) in [5.41, 5.74) is 0. The number of aliphatic hydroxyl groups is 1. The summed E-state index contributed by atoms with van der Waals surface area (Å²) in [6, 6.07) is 0.884. The van der Waals surface area contributed by atoms with Crippen LogP contribution in [0.25, 0.3) is 0 Å². The van der Waals surface area contributed by atoms with E-state index in [-0.39, 0.29) is 36.2 Å². The highest BCUT2D eigenvalue weighted by molar-refractivity contribution is 5.81. The third-order valence-electron chi connectivity index (χ3n) is 12.5. The number of rotatable bonds is 12. The molecule has 7 aliphatic rings. The van der Waals surface area contributed by atoms with Crippen LogP contribution in [-0.4, -0.2) is 140 Å². The first-order valence-corrected chi connectivity index (χ1v) is 19.1. The van der Waals surface area contributed by atoms with E-state index in [1.807, 2.05) is 4.90 Å². The predicted molar refractivity (Wildman–Crippen MR) is 178 cm³/mol. The summed E-state index contributed by atoms with van der Waals surface area (Å²) in [7, 11) is 0. The number of hydrogen-bond donors (Lipinski definition) is 5. The van der Waals surface area contributed by atoms with Crippen molar-refractivity contribution in [3.63, 3.8) is 0 Å². The Labute approximate surface area is 281 Å². The van der Waals surface area contributed by atoms with Crippen LogP contribution < -0.4 is 21.3 Å². The summed E-state index contributed by atoms with van der Waals surface area (Å²) < 4.78 is 12.0. The number of nitrogens with zero attached hydrogens (tertiary/aromatic N) is 3. The van der Waals surface area contributed by atoms with Crippen molar-refractivity contribution in [1.29, 1.82) is 0 Å². The van der Waals surface area contributed by atoms with Gasteiger partial charge in [-0.3, -0.25) is 30.4 Å². The highest BCUT2D eigenvalue weighted by Crippen LogP contribution is 2.38. The maximum Gasteiger partial charge on any atom is 0.225 e. The summed E-state index contributed by atoms with van der Waals surface area (Å²) in [4.78, 5) is 33.0. The van der Waals surface area contributed by atoms with Gasteiger partial charge in [0.2, 0.25) is 11.8 Å². The highest BCUT2D eigenvalue weighted by Gasteiger charge is 2.40. The zero-order valence-corrected chi connectivity index (χ0v) is 28.6. The van der Waals surface area contributed by atoms with Crippen LogP contribution in [0, 0.1) is 23.7 Å². The molecule has 8 unspecified atom stereocenters. The first-order chi connectivity index (χ1) is 22.9. The van der Waals surface area contributed by atoms with Crippen LogP contribution in [0.4, 0.5) is 0 Å². The van der Waals surface area contributed by atoms with Gasteiger partial charge in [-0.25, -0.2) is 0 Å². The third-order valence-corrected chi connectivity index (χ3v) is 12.5. The quantitative estimate of drug-likeness (QED) is 0.204. The summed E-state index contributed by atoms with van der Waals surface area (Å²) in [6.07, 6.45) is 12.0. The van der Waals surface area contributed by atoms with Crippen molar-refractivity contribution in [3.05, 3.63) is 0 Å². The van der Waals surface area contributed by atoms with Gasteiger partial charge in [0.05, 0.1) is 44.0 Å². The number of piperidine rings is 2. The summed E-state index contributed by atoms with van der Waals surface area (Å²) in [5.74, 6) is 1.91. The monoisotopic (exact) mass is 659 g/mol. The van der Waals surface area contributed by atoms with Crippen LogP contribution in [0.1, 0.15) is 77.6 Å². The zero-order valence-electron chi connectivity index (χ0n) is 28.6. The summed E-state index contributed by atoms with van der Waals surface area (Å²) in [5, 5.41) is 25.0. The van der Waals surface area contributed by atoms with Crippen LogP contribution in [-0.2, 0) is 19.1 Å². The van der Waals surface area contributed by atoms with Gasteiger partial charge in [0.15, 0.2) is 0 Å². The van der Waals surface area contributed by atoms with Crippen LogP contribution >= 0.6 is 0 Å². The molecule has 5 N–H and O–H groups in total. The van der Waals surface area contributed by atoms with E-state index in [1.54, 1.807) is 0 Å². The Morgan fingerprint density at radius 1 is 0.957 bits per heavy atom. The van der Waals surface area contributed by atoms with Gasteiger partial charge in [-0.2, -0.15) is 0 Å². The van der Waals surface area contributed by atoms with Crippen LogP contribution in [0.5, 0.6) is 0 Å². The second-order valence-corrected chi connectivity index (χ2v) is 15.9. The summed E-state index contributed by atoms with van der Waals surface area (Å²) in [6.45, 7) is 9.62. The molecular weight excluding hydrogens is 598 g/mol. The van der Waals surface area contributed by atoms with E-state index in [4.69, 9.17) is 9.47 Å². The molecule has 3 saturated carbocycles. The lowest BCUT2D eigenvalue weighted by Crippen LogP contribution is -2.64. The van der Waals surface area contributed by atoms with E-state index < -0.39 is 6.10 Å². The second-order valence-electron chi connectivity index (χ2n) is 15.9. The largest absolute Gasteiger partial charge is 0.390 e. The van der Waals surface area contributed by atoms with Crippen LogP contribution in [0.3, 0.4) is 0 Å². The minimum atomic E-state index is -0.573. The van der Waals surface area contributed by atoms with E-state index >= 15 is 0 Å². The first kappa shape index (κ1) is 34.1. The average Bonchev–Trinajstić information content (AvgIpc) is 3.84. The predicted octanol–water partition coefficient (Wildman–Crippen LogP) is 0.653. The van der Waals surface area contributed by atoms with Crippen molar-refractivity contribution in [2.75, 3.05) is 65.7 Å². The first-order valence-electron chi connectivity index (χ1n) is 19.1. The lowest BCUT2D eigenvalue weighted by Gasteiger charge is -2.46. The normalized spacial score (nSPS) is 38.0. The van der Waals surface area contributed by atoms with E-state index in [0.29, 0.717) is 62.4 Å². The van der Waals surface area contributed by atoms with Crippen molar-refractivity contribution in [1.82, 2.24) is 36.0 Å². The van der Waals surface area contributed by atoms with E-state index in [9.17, 15) is 14.7 Å². The molecule has 266 valence electrons. The molecule has 0 bridgehead atoms. The van der Waals surface area contributed by atoms with Crippen molar-refractivity contribution >= 4 is 11.8 Å². The number of piperazine rings is 1. The fourth-order valence-corrected chi connectivity index (χ4v) is 8.98. The number of carbonyl (C=O) groups excluding carboxylic acids is 2. The molecule has 12 nitrogen and oxygen atoms in total. The molecule has 4 aliphatic heterocycles. The van der Waals surface area contributed by atoms with E-state index in [0.717, 1.165) is 84.2 Å². The molecule has 0 aromatic heterocycles. The van der Waals surface area contributed by atoms with Crippen molar-refractivity contribution in [3.8, 4) is 0 Å². The number of hydrogen-bond acceptors (Lipinski definition) is 10. The third kappa shape index (κ3) is 8.86. The van der Waals surface area contributed by atoms with Gasteiger partial charge in [-0.05, 0) is 89.5 Å². The minimum absolute atomic E-state index is 0.0590. The van der Waals surface area contributed by atoms with Gasteiger partial charge in [0.1, 0.15) is 0 Å². The average molecular weight is 660 g/mol. The zero-order chi connectivity index (χ0) is 32.3. The maximum atomic E-state index is 13.5. The highest BCUT2D eigenvalue weighted by atomic mass is 16.5. The Morgan fingerprint density at radius 3 is 2.51 bits per heavy atom. The Balaban J connectivity index is 0.838. The molecule has 9 atom stereocenters. The molecule has 3 aliphatic carbocycles. The molecule has 12 heteroatoms. The molecular formula is C35H61N7O5. The number of carbonyl (C=O) groups is 2. The van der Waals surface area contributed by atoms with E-state index in [2.05, 4.69) is 38.0 Å². The lowest BCUT2D eigenvalue weighted by molar-refractivity contribution is -0.135. The van der Waals surface area contributed by atoms with Crippen molar-refractivity contribution in [2.24, 2.45) is 23.7 Å². The van der Waals surface area contributed by atoms with Crippen LogP contribution in [0.15, 0.2) is 0 Å². The standard InChI is InChI=1S/C35H61N7O5/c1-23-31(47-22-37-23)21-46-30-8-7-26-19-40(10-9-25(26)15-30)20-29(43)18-36-34(44)27-16-32(38-28-3-2-4-28)39-33(17-27)41-11-13-42(14-12-41)35(45)24-5-6-24/h23-33,37-39,43H,2-22H2,1H3,(H,36,44)/t23?,25?,26?,27?,29-,30?,31?,32?,33?/m0/s1. The Kier molecular flexibility index (Phi) is 11.4. The lowest BCUT2D eigenvalue weighted by atomic mass is 9.74. The fourth-order valence-electron chi connectivity index (χ4n) is 8.98. The molecule has 4 saturated heterocycles. The number of fused-ring (bicyclic) bond motifs is 1. The van der Waals surface area contributed by atoms with E-state index in [1.165, 1.54) is 25.7 Å². The van der Waals surface area contributed by atoms with Gasteiger partial charge in [0.25, 0.3) is 0 Å². The molecule has 0 aromatic carbocycles. The smallest absolute Gasteiger partial charge is 0.225 e. The van der Waals surface area contributed by atoms with Gasteiger partial charge >= 0.3 is 0 Å². The summed E-state index contributed by atoms with van der Waals surface area (Å²) >= 11 is 0. The molecule has 4 heterocycles.